The van der Waals surface area contributed by atoms with Gasteiger partial charge in [0, 0.05) is 6.07 Å². The van der Waals surface area contributed by atoms with Crippen molar-refractivity contribution < 1.29 is 14.2 Å². The van der Waals surface area contributed by atoms with E-state index in [1.54, 1.807) is 14.2 Å². The fourth-order valence-corrected chi connectivity index (χ4v) is 2.06. The Morgan fingerprint density at radius 1 is 1.00 bits per heavy atom. The van der Waals surface area contributed by atoms with E-state index in [2.05, 4.69) is 0 Å². The second-order valence-electron chi connectivity index (χ2n) is 4.04. The number of methoxy groups -OCH3 is 2. The van der Waals surface area contributed by atoms with Gasteiger partial charge in [0.05, 0.1) is 20.3 Å². The highest BCUT2D eigenvalue weighted by atomic mass is 16.5. The molecule has 0 amide bonds. The Kier molecular flexibility index (Phi) is 3.54. The van der Waals surface area contributed by atoms with Gasteiger partial charge in [0.2, 0.25) is 0 Å². The summed E-state index contributed by atoms with van der Waals surface area (Å²) in [7, 11) is 3.31. The van der Waals surface area contributed by atoms with Crippen molar-refractivity contribution in [3.05, 3.63) is 18.2 Å². The fourth-order valence-electron chi connectivity index (χ4n) is 2.06. The van der Waals surface area contributed by atoms with Gasteiger partial charge in [-0.2, -0.15) is 0 Å². The van der Waals surface area contributed by atoms with Crippen LogP contribution in [0.2, 0.25) is 0 Å². The second kappa shape index (κ2) is 5.10. The fraction of sp³-hybridized carbons (Fsp3) is 0.538. The zero-order chi connectivity index (χ0) is 11.4. The van der Waals surface area contributed by atoms with Crippen LogP contribution in [-0.2, 0) is 0 Å². The molecule has 0 heterocycles. The highest BCUT2D eigenvalue weighted by Gasteiger charge is 2.18. The third kappa shape index (κ3) is 2.40. The molecular weight excluding hydrogens is 204 g/mol. The molecule has 0 radical (unpaired) electrons. The van der Waals surface area contributed by atoms with Crippen LogP contribution in [0.1, 0.15) is 25.7 Å². The van der Waals surface area contributed by atoms with Gasteiger partial charge in [0.1, 0.15) is 5.75 Å². The highest BCUT2D eigenvalue weighted by Crippen LogP contribution is 2.34. The molecule has 0 atom stereocenters. The number of hydrogen-bond donors (Lipinski definition) is 0. The largest absolute Gasteiger partial charge is 0.497 e. The third-order valence-corrected chi connectivity index (χ3v) is 2.97. The first-order valence-corrected chi connectivity index (χ1v) is 5.72. The smallest absolute Gasteiger partial charge is 0.165 e. The first-order valence-electron chi connectivity index (χ1n) is 5.72. The van der Waals surface area contributed by atoms with Crippen molar-refractivity contribution in [2.45, 2.75) is 31.8 Å². The van der Waals surface area contributed by atoms with Crippen LogP contribution in [0.5, 0.6) is 17.2 Å². The van der Waals surface area contributed by atoms with Crippen molar-refractivity contribution in [2.24, 2.45) is 0 Å². The summed E-state index contributed by atoms with van der Waals surface area (Å²) < 4.78 is 16.4. The Hall–Kier alpha value is -1.38. The van der Waals surface area contributed by atoms with Gasteiger partial charge >= 0.3 is 0 Å². The topological polar surface area (TPSA) is 27.7 Å². The van der Waals surface area contributed by atoms with Crippen molar-refractivity contribution in [1.82, 2.24) is 0 Å². The Balaban J connectivity index is 2.15. The Morgan fingerprint density at radius 3 is 2.38 bits per heavy atom. The lowest BCUT2D eigenvalue weighted by atomic mass is 10.2. The lowest BCUT2D eigenvalue weighted by molar-refractivity contribution is 0.200. The van der Waals surface area contributed by atoms with Crippen molar-refractivity contribution >= 4 is 0 Å². The van der Waals surface area contributed by atoms with Gasteiger partial charge in [-0.3, -0.25) is 0 Å². The summed E-state index contributed by atoms with van der Waals surface area (Å²) in [4.78, 5) is 0. The molecule has 2 rings (SSSR count). The van der Waals surface area contributed by atoms with E-state index < -0.39 is 0 Å². The minimum absolute atomic E-state index is 0.334. The zero-order valence-corrected chi connectivity index (χ0v) is 9.86. The minimum Gasteiger partial charge on any atom is -0.497 e. The van der Waals surface area contributed by atoms with Gasteiger partial charge in [-0.1, -0.05) is 0 Å². The van der Waals surface area contributed by atoms with Gasteiger partial charge in [-0.05, 0) is 37.8 Å². The first-order chi connectivity index (χ1) is 7.83. The quantitative estimate of drug-likeness (QED) is 0.783. The maximum atomic E-state index is 5.93. The molecular formula is C13H18O3. The monoisotopic (exact) mass is 222 g/mol. The molecule has 0 aromatic heterocycles. The van der Waals surface area contributed by atoms with E-state index in [4.69, 9.17) is 14.2 Å². The summed E-state index contributed by atoms with van der Waals surface area (Å²) >= 11 is 0. The van der Waals surface area contributed by atoms with Crippen LogP contribution in [0.25, 0.3) is 0 Å². The number of hydrogen-bond acceptors (Lipinski definition) is 3. The van der Waals surface area contributed by atoms with Gasteiger partial charge in [-0.15, -0.1) is 0 Å². The van der Waals surface area contributed by atoms with E-state index in [1.165, 1.54) is 12.8 Å². The number of benzene rings is 1. The Bertz CT molecular complexity index is 343. The normalized spacial score (nSPS) is 16.1. The molecule has 1 aliphatic rings. The lowest BCUT2D eigenvalue weighted by Crippen LogP contribution is -2.11. The van der Waals surface area contributed by atoms with Gasteiger partial charge in [0.15, 0.2) is 11.5 Å². The predicted molar refractivity (Wildman–Crippen MR) is 62.4 cm³/mol. The highest BCUT2D eigenvalue weighted by molar-refractivity contribution is 5.45. The Morgan fingerprint density at radius 2 is 1.75 bits per heavy atom. The van der Waals surface area contributed by atoms with Gasteiger partial charge in [0.25, 0.3) is 0 Å². The van der Waals surface area contributed by atoms with Crippen LogP contribution in [0.3, 0.4) is 0 Å². The SMILES string of the molecule is COc1ccc(OC)c(OC2CCCC2)c1. The molecule has 3 heteroatoms. The van der Waals surface area contributed by atoms with Crippen molar-refractivity contribution in [1.29, 1.82) is 0 Å². The van der Waals surface area contributed by atoms with E-state index in [0.717, 1.165) is 30.1 Å². The molecule has 0 aliphatic heterocycles. The summed E-state index contributed by atoms with van der Waals surface area (Å²) in [5.41, 5.74) is 0. The van der Waals surface area contributed by atoms with Crippen molar-refractivity contribution in [2.75, 3.05) is 14.2 Å². The molecule has 1 fully saturated rings. The molecule has 1 aromatic carbocycles. The van der Waals surface area contributed by atoms with E-state index in [-0.39, 0.29) is 0 Å². The van der Waals surface area contributed by atoms with Crippen molar-refractivity contribution in [3.8, 4) is 17.2 Å². The predicted octanol–water partition coefficient (Wildman–Crippen LogP) is 3.03. The molecule has 1 saturated carbocycles. The zero-order valence-electron chi connectivity index (χ0n) is 9.86. The van der Waals surface area contributed by atoms with E-state index in [1.807, 2.05) is 18.2 Å². The minimum atomic E-state index is 0.334. The summed E-state index contributed by atoms with van der Waals surface area (Å²) in [6.45, 7) is 0. The number of ether oxygens (including phenoxy) is 3. The van der Waals surface area contributed by atoms with Crippen LogP contribution >= 0.6 is 0 Å². The van der Waals surface area contributed by atoms with Gasteiger partial charge < -0.3 is 14.2 Å². The molecule has 0 bridgehead atoms. The summed E-state index contributed by atoms with van der Waals surface area (Å²) in [6, 6.07) is 5.64. The Labute approximate surface area is 96.3 Å². The average Bonchev–Trinajstić information content (AvgIpc) is 2.82. The lowest BCUT2D eigenvalue weighted by Gasteiger charge is -2.16. The summed E-state index contributed by atoms with van der Waals surface area (Å²) in [6.07, 6.45) is 5.13. The van der Waals surface area contributed by atoms with Crippen LogP contribution < -0.4 is 14.2 Å². The average molecular weight is 222 g/mol. The third-order valence-electron chi connectivity index (χ3n) is 2.97. The molecule has 88 valence electrons. The maximum Gasteiger partial charge on any atom is 0.165 e. The molecule has 0 unspecified atom stereocenters. The van der Waals surface area contributed by atoms with Crippen LogP contribution in [0.4, 0.5) is 0 Å². The van der Waals surface area contributed by atoms with E-state index >= 15 is 0 Å². The van der Waals surface area contributed by atoms with Crippen LogP contribution in [0, 0.1) is 0 Å². The standard InChI is InChI=1S/C13H18O3/c1-14-11-7-8-12(15-2)13(9-11)16-10-5-3-4-6-10/h7-10H,3-6H2,1-2H3. The van der Waals surface area contributed by atoms with E-state index in [9.17, 15) is 0 Å². The van der Waals surface area contributed by atoms with Crippen molar-refractivity contribution in [3.63, 3.8) is 0 Å². The maximum absolute atomic E-state index is 5.93. The molecule has 16 heavy (non-hydrogen) atoms. The summed E-state index contributed by atoms with van der Waals surface area (Å²) in [5, 5.41) is 0. The van der Waals surface area contributed by atoms with Gasteiger partial charge in [-0.25, -0.2) is 0 Å². The second-order valence-corrected chi connectivity index (χ2v) is 4.04. The first kappa shape index (κ1) is 11.1. The number of rotatable bonds is 4. The molecule has 0 saturated heterocycles. The molecule has 1 aromatic rings. The van der Waals surface area contributed by atoms with E-state index in [0.29, 0.717) is 6.10 Å². The molecule has 0 spiro atoms. The molecule has 0 N–H and O–H groups in total. The molecule has 3 nitrogen and oxygen atoms in total. The van der Waals surface area contributed by atoms with Crippen LogP contribution in [-0.4, -0.2) is 20.3 Å². The summed E-state index contributed by atoms with van der Waals surface area (Å²) in [5.74, 6) is 2.36. The van der Waals surface area contributed by atoms with Crippen LogP contribution in [0.15, 0.2) is 18.2 Å². The molecule has 1 aliphatic carbocycles.